The summed E-state index contributed by atoms with van der Waals surface area (Å²) >= 11 is 0. The van der Waals surface area contributed by atoms with E-state index < -0.39 is 0 Å². The Morgan fingerprint density at radius 3 is 2.44 bits per heavy atom. The number of unbranched alkanes of at least 4 members (excludes halogenated alkanes) is 3. The molecule has 0 bridgehead atoms. The fourth-order valence-electron chi connectivity index (χ4n) is 2.12. The molecule has 0 fully saturated rings. The monoisotopic (exact) mass is 243 g/mol. The van der Waals surface area contributed by atoms with E-state index in [1.54, 1.807) is 0 Å². The number of nitrogens with one attached hydrogen (secondary N) is 1. The van der Waals surface area contributed by atoms with Crippen molar-refractivity contribution in [3.05, 3.63) is 42.5 Å². The molecule has 0 amide bonds. The summed E-state index contributed by atoms with van der Waals surface area (Å²) in [7, 11) is 0. The number of fused-ring (bicyclic) bond motifs is 1. The molecule has 0 radical (unpaired) electrons. The summed E-state index contributed by atoms with van der Waals surface area (Å²) in [5.41, 5.74) is 1.19. The van der Waals surface area contributed by atoms with E-state index in [1.807, 2.05) is 0 Å². The highest BCUT2D eigenvalue weighted by Crippen LogP contribution is 2.18. The molecule has 0 aliphatic carbocycles. The summed E-state index contributed by atoms with van der Waals surface area (Å²) in [6.45, 7) is 1.32. The first-order chi connectivity index (χ1) is 8.90. The Morgan fingerprint density at radius 1 is 0.833 bits per heavy atom. The molecule has 0 heterocycles. The number of anilines is 1. The number of hydrogen-bond donors (Lipinski definition) is 2. The predicted octanol–water partition coefficient (Wildman–Crippen LogP) is 3.80. The molecule has 0 aliphatic heterocycles. The maximum absolute atomic E-state index is 8.69. The van der Waals surface area contributed by atoms with Crippen LogP contribution in [0.15, 0.2) is 42.5 Å². The van der Waals surface area contributed by atoms with Crippen molar-refractivity contribution in [1.82, 2.24) is 0 Å². The van der Waals surface area contributed by atoms with Gasteiger partial charge < -0.3 is 10.4 Å². The Balaban J connectivity index is 1.81. The van der Waals surface area contributed by atoms with Gasteiger partial charge in [0.05, 0.1) is 0 Å². The Kier molecular flexibility index (Phi) is 5.03. The first kappa shape index (κ1) is 12.9. The molecule has 2 heteroatoms. The minimum absolute atomic E-state index is 0.318. The third-order valence-corrected chi connectivity index (χ3v) is 3.16. The van der Waals surface area contributed by atoms with E-state index in [9.17, 15) is 0 Å². The topological polar surface area (TPSA) is 32.3 Å². The van der Waals surface area contributed by atoms with E-state index in [4.69, 9.17) is 5.11 Å². The van der Waals surface area contributed by atoms with Crippen LogP contribution in [-0.2, 0) is 0 Å². The third kappa shape index (κ3) is 3.74. The summed E-state index contributed by atoms with van der Waals surface area (Å²) < 4.78 is 0. The van der Waals surface area contributed by atoms with E-state index in [0.29, 0.717) is 6.61 Å². The number of aliphatic hydroxyl groups is 1. The lowest BCUT2D eigenvalue weighted by molar-refractivity contribution is 0.283. The zero-order chi connectivity index (χ0) is 12.6. The molecule has 18 heavy (non-hydrogen) atoms. The Morgan fingerprint density at radius 2 is 1.61 bits per heavy atom. The molecule has 0 saturated heterocycles. The van der Waals surface area contributed by atoms with Gasteiger partial charge in [0.25, 0.3) is 0 Å². The van der Waals surface area contributed by atoms with E-state index in [-0.39, 0.29) is 0 Å². The maximum Gasteiger partial charge on any atom is 0.0431 e. The van der Waals surface area contributed by atoms with Crippen molar-refractivity contribution >= 4 is 16.5 Å². The maximum atomic E-state index is 8.69. The molecule has 2 aromatic carbocycles. The van der Waals surface area contributed by atoms with Crippen molar-refractivity contribution in [2.75, 3.05) is 18.5 Å². The van der Waals surface area contributed by atoms with Gasteiger partial charge in [-0.3, -0.25) is 0 Å². The van der Waals surface area contributed by atoms with E-state index >= 15 is 0 Å². The molecule has 0 atom stereocenters. The second-order valence-corrected chi connectivity index (χ2v) is 4.63. The van der Waals surface area contributed by atoms with Crippen LogP contribution in [0, 0.1) is 0 Å². The smallest absolute Gasteiger partial charge is 0.0431 e. The molecule has 2 nitrogen and oxygen atoms in total. The highest BCUT2D eigenvalue weighted by Gasteiger charge is 1.95. The van der Waals surface area contributed by atoms with Gasteiger partial charge in [0.1, 0.15) is 0 Å². The summed E-state index contributed by atoms with van der Waals surface area (Å²) in [5.74, 6) is 0. The van der Waals surface area contributed by atoms with E-state index in [2.05, 4.69) is 47.8 Å². The lowest BCUT2D eigenvalue weighted by Crippen LogP contribution is -2.01. The molecule has 0 spiro atoms. The fourth-order valence-corrected chi connectivity index (χ4v) is 2.12. The fraction of sp³-hybridized carbons (Fsp3) is 0.375. The lowest BCUT2D eigenvalue weighted by Gasteiger charge is -2.07. The van der Waals surface area contributed by atoms with Gasteiger partial charge in [-0.15, -0.1) is 0 Å². The minimum atomic E-state index is 0.318. The molecule has 2 rings (SSSR count). The number of aliphatic hydroxyl groups excluding tert-OH is 1. The van der Waals surface area contributed by atoms with E-state index in [0.717, 1.165) is 25.8 Å². The first-order valence-electron chi connectivity index (χ1n) is 6.74. The van der Waals surface area contributed by atoms with Gasteiger partial charge in [-0.05, 0) is 35.7 Å². The van der Waals surface area contributed by atoms with Crippen molar-refractivity contribution in [3.63, 3.8) is 0 Å². The molecule has 0 unspecified atom stereocenters. The highest BCUT2D eigenvalue weighted by molar-refractivity contribution is 5.85. The summed E-state index contributed by atoms with van der Waals surface area (Å²) in [5, 5.41) is 14.7. The van der Waals surface area contributed by atoms with Gasteiger partial charge >= 0.3 is 0 Å². The van der Waals surface area contributed by atoms with Crippen LogP contribution in [0.2, 0.25) is 0 Å². The van der Waals surface area contributed by atoms with Gasteiger partial charge in [0.2, 0.25) is 0 Å². The van der Waals surface area contributed by atoms with Crippen LogP contribution in [0.4, 0.5) is 5.69 Å². The number of benzene rings is 2. The van der Waals surface area contributed by atoms with Crippen LogP contribution in [0.3, 0.4) is 0 Å². The van der Waals surface area contributed by atoms with Gasteiger partial charge in [-0.25, -0.2) is 0 Å². The largest absolute Gasteiger partial charge is 0.396 e. The van der Waals surface area contributed by atoms with Crippen molar-refractivity contribution in [2.24, 2.45) is 0 Å². The highest BCUT2D eigenvalue weighted by atomic mass is 16.2. The van der Waals surface area contributed by atoms with Crippen LogP contribution in [0.1, 0.15) is 25.7 Å². The predicted molar refractivity (Wildman–Crippen MR) is 78.0 cm³/mol. The third-order valence-electron chi connectivity index (χ3n) is 3.16. The molecule has 2 N–H and O–H groups in total. The van der Waals surface area contributed by atoms with Crippen LogP contribution in [0.25, 0.3) is 10.8 Å². The molecule has 96 valence electrons. The van der Waals surface area contributed by atoms with Crippen LogP contribution in [0.5, 0.6) is 0 Å². The zero-order valence-electron chi connectivity index (χ0n) is 10.7. The average molecular weight is 243 g/mol. The first-order valence-corrected chi connectivity index (χ1v) is 6.74. The zero-order valence-corrected chi connectivity index (χ0v) is 10.7. The van der Waals surface area contributed by atoms with Gasteiger partial charge in [-0.1, -0.05) is 43.2 Å². The Hall–Kier alpha value is -1.54. The molecular formula is C16H21NO. The van der Waals surface area contributed by atoms with Gasteiger partial charge in [-0.2, -0.15) is 0 Å². The number of rotatable bonds is 7. The van der Waals surface area contributed by atoms with Crippen molar-refractivity contribution < 1.29 is 5.11 Å². The lowest BCUT2D eigenvalue weighted by atomic mass is 10.1. The molecule has 2 aromatic rings. The Bertz CT molecular complexity index is 481. The summed E-state index contributed by atoms with van der Waals surface area (Å²) in [6, 6.07) is 14.9. The Labute approximate surface area is 109 Å². The van der Waals surface area contributed by atoms with Gasteiger partial charge in [0, 0.05) is 18.8 Å². The summed E-state index contributed by atoms with van der Waals surface area (Å²) in [6.07, 6.45) is 4.39. The quantitative estimate of drug-likeness (QED) is 0.725. The van der Waals surface area contributed by atoms with Crippen LogP contribution >= 0.6 is 0 Å². The summed E-state index contributed by atoms with van der Waals surface area (Å²) in [4.78, 5) is 0. The molecule has 0 aliphatic rings. The van der Waals surface area contributed by atoms with E-state index in [1.165, 1.54) is 22.9 Å². The molecule has 0 aromatic heterocycles. The molecular weight excluding hydrogens is 222 g/mol. The van der Waals surface area contributed by atoms with Gasteiger partial charge in [0.15, 0.2) is 0 Å². The standard InChI is InChI=1S/C16H21NO/c18-12-6-2-1-5-11-17-16-10-9-14-7-3-4-8-15(14)13-16/h3-4,7-10,13,17-18H,1-2,5-6,11-12H2. The second-order valence-electron chi connectivity index (χ2n) is 4.63. The number of hydrogen-bond acceptors (Lipinski definition) is 2. The second kappa shape index (κ2) is 7.02. The van der Waals surface area contributed by atoms with Crippen molar-refractivity contribution in [2.45, 2.75) is 25.7 Å². The normalized spacial score (nSPS) is 10.7. The van der Waals surface area contributed by atoms with Crippen molar-refractivity contribution in [3.8, 4) is 0 Å². The molecule has 0 saturated carbocycles. The average Bonchev–Trinajstić information content (AvgIpc) is 2.42. The van der Waals surface area contributed by atoms with Crippen LogP contribution < -0.4 is 5.32 Å². The van der Waals surface area contributed by atoms with Crippen LogP contribution in [-0.4, -0.2) is 18.3 Å². The minimum Gasteiger partial charge on any atom is -0.396 e. The SMILES string of the molecule is OCCCCCCNc1ccc2ccccc2c1. The van der Waals surface area contributed by atoms with Crippen molar-refractivity contribution in [1.29, 1.82) is 0 Å².